The zero-order valence-electron chi connectivity index (χ0n) is 21.2. The SMILES string of the molecule is NC(=O)OC1CCCCC/C=C\C2CC2(C(=O)NS(=O)(=O)C2CCCCC2)NC(=O)C2CCCN2C1=O. The van der Waals surface area contributed by atoms with Crippen molar-refractivity contribution in [2.45, 2.75) is 106 Å². The molecule has 0 aromatic carbocycles. The lowest BCUT2D eigenvalue weighted by molar-refractivity contribution is -0.146. The van der Waals surface area contributed by atoms with Crippen LogP contribution in [-0.4, -0.2) is 66.6 Å². The lowest BCUT2D eigenvalue weighted by atomic mass is 10.0. The summed E-state index contributed by atoms with van der Waals surface area (Å²) in [6.45, 7) is 0.314. The third-order valence-corrected chi connectivity index (χ3v) is 9.89. The fourth-order valence-electron chi connectivity index (χ4n) is 5.85. The van der Waals surface area contributed by atoms with Crippen molar-refractivity contribution in [3.63, 3.8) is 0 Å². The average molecular weight is 539 g/mol. The Morgan fingerprint density at radius 2 is 1.73 bits per heavy atom. The Morgan fingerprint density at radius 1 is 1.03 bits per heavy atom. The first-order chi connectivity index (χ1) is 17.6. The zero-order valence-corrected chi connectivity index (χ0v) is 22.0. The van der Waals surface area contributed by atoms with Gasteiger partial charge in [-0.3, -0.25) is 19.1 Å². The molecule has 0 radical (unpaired) electrons. The fourth-order valence-corrected chi connectivity index (χ4v) is 7.42. The van der Waals surface area contributed by atoms with Gasteiger partial charge in [0.25, 0.3) is 11.8 Å². The molecular weight excluding hydrogens is 500 g/mol. The van der Waals surface area contributed by atoms with Gasteiger partial charge in [-0.2, -0.15) is 0 Å². The molecule has 4 atom stereocenters. The van der Waals surface area contributed by atoms with Crippen LogP contribution in [0.3, 0.4) is 0 Å². The number of sulfonamides is 1. The summed E-state index contributed by atoms with van der Waals surface area (Å²) in [4.78, 5) is 52.9. The van der Waals surface area contributed by atoms with Crippen molar-refractivity contribution < 1.29 is 32.3 Å². The monoisotopic (exact) mass is 538 g/mol. The van der Waals surface area contributed by atoms with Crippen LogP contribution in [0.2, 0.25) is 0 Å². The maximum Gasteiger partial charge on any atom is 0.405 e. The van der Waals surface area contributed by atoms with Gasteiger partial charge in [0.2, 0.25) is 15.9 Å². The average Bonchev–Trinajstić information content (AvgIpc) is 3.32. The molecular formula is C25H38N4O7S. The first kappa shape index (κ1) is 27.4. The summed E-state index contributed by atoms with van der Waals surface area (Å²) in [6.07, 6.45) is 9.89. The standard InChI is InChI=1S/C25H38N4O7S/c26-24(33)36-20-14-8-3-1-2-5-10-17-16-25(17,27-21(30)19-13-9-15-29(19)22(20)31)23(32)28-37(34,35)18-11-6-4-7-12-18/h5,10,17-20H,1-4,6-9,11-16H2,(H2,26,33)(H,27,30)(H,28,32)/b10-5-. The Labute approximate surface area is 218 Å². The number of nitrogens with one attached hydrogen (secondary N) is 2. The topological polar surface area (TPSA) is 165 Å². The Balaban J connectivity index is 1.55. The Morgan fingerprint density at radius 3 is 2.46 bits per heavy atom. The van der Waals surface area contributed by atoms with E-state index in [0.717, 1.165) is 38.5 Å². The van der Waals surface area contributed by atoms with Gasteiger partial charge in [-0.1, -0.05) is 37.8 Å². The van der Waals surface area contributed by atoms with Crippen molar-refractivity contribution in [1.29, 1.82) is 0 Å². The smallest absolute Gasteiger partial charge is 0.405 e. The second kappa shape index (κ2) is 11.4. The van der Waals surface area contributed by atoms with Gasteiger partial charge in [0.05, 0.1) is 5.25 Å². The normalized spacial score (nSPS) is 32.6. The number of hydrogen-bond donors (Lipinski definition) is 3. The molecule has 4 N–H and O–H groups in total. The highest BCUT2D eigenvalue weighted by atomic mass is 32.2. The highest BCUT2D eigenvalue weighted by Gasteiger charge is 2.61. The number of amides is 4. The van der Waals surface area contributed by atoms with Crippen LogP contribution in [0.4, 0.5) is 4.79 Å². The zero-order chi connectivity index (χ0) is 26.6. The van der Waals surface area contributed by atoms with Crippen LogP contribution in [0, 0.1) is 5.92 Å². The van der Waals surface area contributed by atoms with E-state index in [9.17, 15) is 27.6 Å². The van der Waals surface area contributed by atoms with Crippen molar-refractivity contribution in [1.82, 2.24) is 14.9 Å². The maximum atomic E-state index is 13.4. The van der Waals surface area contributed by atoms with Crippen molar-refractivity contribution in [2.24, 2.45) is 11.7 Å². The van der Waals surface area contributed by atoms with Gasteiger partial charge >= 0.3 is 6.09 Å². The molecule has 0 aromatic rings. The highest BCUT2D eigenvalue weighted by Crippen LogP contribution is 2.46. The van der Waals surface area contributed by atoms with Crippen LogP contribution in [0.1, 0.15) is 83.5 Å². The first-order valence-electron chi connectivity index (χ1n) is 13.5. The third kappa shape index (κ3) is 6.27. The van der Waals surface area contributed by atoms with Crippen molar-refractivity contribution in [3.05, 3.63) is 12.2 Å². The van der Waals surface area contributed by atoms with Crippen molar-refractivity contribution >= 4 is 33.8 Å². The summed E-state index contributed by atoms with van der Waals surface area (Å²) in [5.74, 6) is -2.05. The molecule has 3 fully saturated rings. The number of primary amides is 1. The molecule has 4 aliphatic rings. The number of carbonyl (C=O) groups is 4. The van der Waals surface area contributed by atoms with Crippen molar-refractivity contribution in [2.75, 3.05) is 6.54 Å². The predicted molar refractivity (Wildman–Crippen MR) is 134 cm³/mol. The van der Waals surface area contributed by atoms with Crippen molar-refractivity contribution in [3.8, 4) is 0 Å². The van der Waals surface area contributed by atoms with Crippen LogP contribution in [0.15, 0.2) is 12.2 Å². The van der Waals surface area contributed by atoms with E-state index in [1.54, 1.807) is 0 Å². The van der Waals surface area contributed by atoms with Gasteiger partial charge in [0.1, 0.15) is 11.6 Å². The lowest BCUT2D eigenvalue weighted by Crippen LogP contribution is -2.58. The third-order valence-electron chi connectivity index (χ3n) is 8.07. The van der Waals surface area contributed by atoms with Gasteiger partial charge in [-0.05, 0) is 57.8 Å². The van der Waals surface area contributed by atoms with Gasteiger partial charge < -0.3 is 20.7 Å². The van der Waals surface area contributed by atoms with E-state index in [4.69, 9.17) is 10.5 Å². The summed E-state index contributed by atoms with van der Waals surface area (Å²) >= 11 is 0. The van der Waals surface area contributed by atoms with Crippen LogP contribution < -0.4 is 15.8 Å². The van der Waals surface area contributed by atoms with Gasteiger partial charge in [0, 0.05) is 12.5 Å². The molecule has 206 valence electrons. The molecule has 37 heavy (non-hydrogen) atoms. The molecule has 2 aliphatic carbocycles. The number of fused-ring (bicyclic) bond motifs is 2. The summed E-state index contributed by atoms with van der Waals surface area (Å²) in [7, 11) is -3.87. The molecule has 2 heterocycles. The number of ether oxygens (including phenoxy) is 1. The minimum Gasteiger partial charge on any atom is -0.436 e. The van der Waals surface area contributed by atoms with Gasteiger partial charge in [-0.15, -0.1) is 0 Å². The number of hydrogen-bond acceptors (Lipinski definition) is 7. The number of nitrogens with two attached hydrogens (primary N) is 1. The van der Waals surface area contributed by atoms with Crippen LogP contribution in [-0.2, 0) is 29.1 Å². The number of nitrogens with zero attached hydrogens (tertiary/aromatic N) is 1. The minimum atomic E-state index is -3.87. The van der Waals surface area contributed by atoms with E-state index in [1.807, 2.05) is 12.2 Å². The molecule has 11 nitrogen and oxygen atoms in total. The lowest BCUT2D eigenvalue weighted by Gasteiger charge is -2.29. The van der Waals surface area contributed by atoms with E-state index in [-0.39, 0.29) is 12.3 Å². The van der Waals surface area contributed by atoms with E-state index >= 15 is 0 Å². The van der Waals surface area contributed by atoms with E-state index in [0.29, 0.717) is 45.1 Å². The van der Waals surface area contributed by atoms with Crippen LogP contribution in [0.25, 0.3) is 0 Å². The quantitative estimate of drug-likeness (QED) is 0.458. The van der Waals surface area contributed by atoms with Crippen LogP contribution >= 0.6 is 0 Å². The second-order valence-corrected chi connectivity index (χ2v) is 12.6. The molecule has 2 aliphatic heterocycles. The molecule has 4 rings (SSSR count). The molecule has 4 unspecified atom stereocenters. The molecule has 12 heteroatoms. The minimum absolute atomic E-state index is 0.287. The summed E-state index contributed by atoms with van der Waals surface area (Å²) in [5, 5.41) is 2.20. The maximum absolute atomic E-state index is 13.4. The molecule has 0 bridgehead atoms. The fraction of sp³-hybridized carbons (Fsp3) is 0.760. The van der Waals surface area contributed by atoms with Gasteiger partial charge in [-0.25, -0.2) is 13.2 Å². The number of carbonyl (C=O) groups excluding carboxylic acids is 4. The first-order valence-corrected chi connectivity index (χ1v) is 15.0. The number of rotatable bonds is 4. The van der Waals surface area contributed by atoms with E-state index in [1.165, 1.54) is 4.90 Å². The summed E-state index contributed by atoms with van der Waals surface area (Å²) < 4.78 is 33.3. The molecule has 0 spiro atoms. The Bertz CT molecular complexity index is 1040. The second-order valence-electron chi connectivity index (χ2n) is 10.7. The van der Waals surface area contributed by atoms with Gasteiger partial charge in [0.15, 0.2) is 6.10 Å². The molecule has 1 saturated heterocycles. The largest absolute Gasteiger partial charge is 0.436 e. The summed E-state index contributed by atoms with van der Waals surface area (Å²) in [5.41, 5.74) is 3.82. The highest BCUT2D eigenvalue weighted by molar-refractivity contribution is 7.90. The predicted octanol–water partition coefficient (Wildman–Crippen LogP) is 1.62. The molecule has 0 aromatic heterocycles. The Kier molecular flexibility index (Phi) is 8.45. The van der Waals surface area contributed by atoms with E-state index in [2.05, 4.69) is 10.0 Å². The molecule has 2 saturated carbocycles. The summed E-state index contributed by atoms with van der Waals surface area (Å²) in [6, 6.07) is -0.846. The Hall–Kier alpha value is -2.63. The number of allylic oxidation sites excluding steroid dienone is 1. The van der Waals surface area contributed by atoms with Crippen LogP contribution in [0.5, 0.6) is 0 Å². The molecule has 4 amide bonds. The van der Waals surface area contributed by atoms with E-state index < -0.39 is 56.8 Å².